The molecule has 0 radical (unpaired) electrons. The normalized spacial score (nSPS) is 16.5. The van der Waals surface area contributed by atoms with E-state index in [1.165, 1.54) is 0 Å². The molecule has 1 aliphatic rings. The van der Waals surface area contributed by atoms with Crippen LogP contribution in [0, 0.1) is 19.3 Å². The number of hydrogen-bond acceptors (Lipinski definition) is 4. The van der Waals surface area contributed by atoms with E-state index >= 15 is 0 Å². The van der Waals surface area contributed by atoms with Gasteiger partial charge in [-0.15, -0.1) is 0 Å². The van der Waals surface area contributed by atoms with E-state index < -0.39 is 5.41 Å². The van der Waals surface area contributed by atoms with E-state index in [-0.39, 0.29) is 25.0 Å². The SMILES string of the molecule is Cc1nn(C)c(C)c1OCC(=O)NCC1(C(N)=O)CCCC1. The molecule has 0 aromatic carbocycles. The Morgan fingerprint density at radius 1 is 1.36 bits per heavy atom. The molecule has 1 fully saturated rings. The van der Waals surface area contributed by atoms with Crippen molar-refractivity contribution in [2.75, 3.05) is 13.2 Å². The number of hydrogen-bond donors (Lipinski definition) is 2. The van der Waals surface area contributed by atoms with E-state index in [1.54, 1.807) is 4.68 Å². The Morgan fingerprint density at radius 2 is 2.00 bits per heavy atom. The van der Waals surface area contributed by atoms with E-state index in [9.17, 15) is 9.59 Å². The van der Waals surface area contributed by atoms with E-state index in [0.29, 0.717) is 5.75 Å². The van der Waals surface area contributed by atoms with Gasteiger partial charge in [-0.25, -0.2) is 0 Å². The highest BCUT2D eigenvalue weighted by molar-refractivity contribution is 5.83. The fourth-order valence-corrected chi connectivity index (χ4v) is 2.98. The number of amides is 2. The van der Waals surface area contributed by atoms with Gasteiger partial charge in [-0.3, -0.25) is 14.3 Å². The average Bonchev–Trinajstić information content (AvgIpc) is 3.03. The van der Waals surface area contributed by atoms with E-state index in [0.717, 1.165) is 37.1 Å². The maximum Gasteiger partial charge on any atom is 0.257 e. The molecule has 1 saturated carbocycles. The third-order valence-corrected chi connectivity index (χ3v) is 4.50. The summed E-state index contributed by atoms with van der Waals surface area (Å²) >= 11 is 0. The number of nitrogens with two attached hydrogens (primary N) is 1. The minimum Gasteiger partial charge on any atom is -0.480 e. The number of ether oxygens (including phenoxy) is 1. The number of carbonyl (C=O) groups excluding carboxylic acids is 2. The zero-order valence-electron chi connectivity index (χ0n) is 13.4. The van der Waals surface area contributed by atoms with Crippen LogP contribution in [0.4, 0.5) is 0 Å². The minimum atomic E-state index is -0.588. The number of rotatable bonds is 6. The second kappa shape index (κ2) is 6.37. The summed E-state index contributed by atoms with van der Waals surface area (Å²) in [7, 11) is 1.83. The van der Waals surface area contributed by atoms with Crippen LogP contribution in [0.25, 0.3) is 0 Å². The van der Waals surface area contributed by atoms with Crippen molar-refractivity contribution in [3.05, 3.63) is 11.4 Å². The van der Waals surface area contributed by atoms with Crippen LogP contribution in [0.2, 0.25) is 0 Å². The van der Waals surface area contributed by atoms with Crippen molar-refractivity contribution in [2.24, 2.45) is 18.2 Å². The molecular formula is C15H24N4O3. The standard InChI is InChI=1S/C15H24N4O3/c1-10-13(11(2)19(3)18-10)22-8-12(20)17-9-15(14(16)21)6-4-5-7-15/h4-9H2,1-3H3,(H2,16,21)(H,17,20). The first-order valence-electron chi connectivity index (χ1n) is 7.55. The predicted molar refractivity (Wildman–Crippen MR) is 81.3 cm³/mol. The molecule has 22 heavy (non-hydrogen) atoms. The number of nitrogens with zero attached hydrogens (tertiary/aromatic N) is 2. The lowest BCUT2D eigenvalue weighted by Crippen LogP contribution is -2.45. The summed E-state index contributed by atoms with van der Waals surface area (Å²) in [5.41, 5.74) is 6.52. The highest BCUT2D eigenvalue weighted by atomic mass is 16.5. The molecule has 0 unspecified atom stereocenters. The summed E-state index contributed by atoms with van der Waals surface area (Å²) in [5, 5.41) is 7.00. The summed E-state index contributed by atoms with van der Waals surface area (Å²) in [4.78, 5) is 23.6. The van der Waals surface area contributed by atoms with Crippen molar-refractivity contribution >= 4 is 11.8 Å². The Hall–Kier alpha value is -2.05. The Morgan fingerprint density at radius 3 is 2.50 bits per heavy atom. The average molecular weight is 308 g/mol. The van der Waals surface area contributed by atoms with Gasteiger partial charge < -0.3 is 15.8 Å². The summed E-state index contributed by atoms with van der Waals surface area (Å²) in [5.74, 6) is 0.0449. The maximum atomic E-state index is 12.0. The Kier molecular flexibility index (Phi) is 4.73. The lowest BCUT2D eigenvalue weighted by Gasteiger charge is -2.25. The molecule has 1 heterocycles. The first kappa shape index (κ1) is 16.3. The van der Waals surface area contributed by atoms with E-state index in [4.69, 9.17) is 10.5 Å². The van der Waals surface area contributed by atoms with Crippen LogP contribution >= 0.6 is 0 Å². The van der Waals surface area contributed by atoms with Crippen molar-refractivity contribution < 1.29 is 14.3 Å². The van der Waals surface area contributed by atoms with Gasteiger partial charge in [0, 0.05) is 13.6 Å². The van der Waals surface area contributed by atoms with Crippen LogP contribution in [0.5, 0.6) is 5.75 Å². The van der Waals surface area contributed by atoms with Crippen molar-refractivity contribution in [3.63, 3.8) is 0 Å². The first-order valence-corrected chi connectivity index (χ1v) is 7.55. The van der Waals surface area contributed by atoms with Crippen LogP contribution in [-0.2, 0) is 16.6 Å². The van der Waals surface area contributed by atoms with Crippen LogP contribution < -0.4 is 15.8 Å². The summed E-state index contributed by atoms with van der Waals surface area (Å²) in [6.07, 6.45) is 3.43. The number of nitrogens with one attached hydrogen (secondary N) is 1. The second-order valence-electron chi connectivity index (χ2n) is 6.04. The molecule has 1 aliphatic carbocycles. The van der Waals surface area contributed by atoms with Gasteiger partial charge in [0.05, 0.1) is 11.1 Å². The molecule has 122 valence electrons. The number of aryl methyl sites for hydroxylation is 2. The van der Waals surface area contributed by atoms with Crippen LogP contribution in [-0.4, -0.2) is 34.7 Å². The first-order chi connectivity index (χ1) is 10.4. The molecule has 3 N–H and O–H groups in total. The molecule has 0 aliphatic heterocycles. The molecule has 7 nitrogen and oxygen atoms in total. The number of aromatic nitrogens is 2. The molecule has 1 aromatic rings. The molecule has 1 aromatic heterocycles. The fourth-order valence-electron chi connectivity index (χ4n) is 2.98. The molecular weight excluding hydrogens is 284 g/mol. The molecule has 7 heteroatoms. The summed E-state index contributed by atoms with van der Waals surface area (Å²) in [6, 6.07) is 0. The zero-order chi connectivity index (χ0) is 16.3. The largest absolute Gasteiger partial charge is 0.480 e. The molecule has 0 spiro atoms. The van der Waals surface area contributed by atoms with Gasteiger partial charge in [-0.05, 0) is 26.7 Å². The van der Waals surface area contributed by atoms with Gasteiger partial charge in [0.25, 0.3) is 5.91 Å². The predicted octanol–water partition coefficient (Wildman–Crippen LogP) is 0.578. The van der Waals surface area contributed by atoms with Gasteiger partial charge >= 0.3 is 0 Å². The maximum absolute atomic E-state index is 12.0. The zero-order valence-corrected chi connectivity index (χ0v) is 13.4. The molecule has 2 amide bonds. The highest BCUT2D eigenvalue weighted by Crippen LogP contribution is 2.37. The van der Waals surface area contributed by atoms with Gasteiger partial charge in [0.2, 0.25) is 5.91 Å². The summed E-state index contributed by atoms with van der Waals surface area (Å²) in [6.45, 7) is 3.91. The highest BCUT2D eigenvalue weighted by Gasteiger charge is 2.39. The third-order valence-electron chi connectivity index (χ3n) is 4.50. The van der Waals surface area contributed by atoms with Crippen LogP contribution in [0.1, 0.15) is 37.1 Å². The topological polar surface area (TPSA) is 99.2 Å². The van der Waals surface area contributed by atoms with Gasteiger partial charge in [0.1, 0.15) is 5.69 Å². The number of primary amides is 1. The van der Waals surface area contributed by atoms with Gasteiger partial charge in [-0.1, -0.05) is 12.8 Å². The van der Waals surface area contributed by atoms with E-state index in [2.05, 4.69) is 10.4 Å². The van der Waals surface area contributed by atoms with Crippen LogP contribution in [0.15, 0.2) is 0 Å². The smallest absolute Gasteiger partial charge is 0.257 e. The van der Waals surface area contributed by atoms with Crippen molar-refractivity contribution in [3.8, 4) is 5.75 Å². The molecule has 0 saturated heterocycles. The Balaban J connectivity index is 1.87. The monoisotopic (exact) mass is 308 g/mol. The van der Waals surface area contributed by atoms with E-state index in [1.807, 2.05) is 20.9 Å². The fraction of sp³-hybridized carbons (Fsp3) is 0.667. The lowest BCUT2D eigenvalue weighted by atomic mass is 9.85. The van der Waals surface area contributed by atoms with Gasteiger partial charge in [-0.2, -0.15) is 5.10 Å². The minimum absolute atomic E-state index is 0.0950. The Labute approximate surface area is 130 Å². The van der Waals surface area contributed by atoms with Crippen molar-refractivity contribution in [1.82, 2.24) is 15.1 Å². The third kappa shape index (κ3) is 3.23. The lowest BCUT2D eigenvalue weighted by molar-refractivity contribution is -0.128. The van der Waals surface area contributed by atoms with Crippen molar-refractivity contribution in [1.29, 1.82) is 0 Å². The molecule has 0 atom stereocenters. The Bertz CT molecular complexity index is 574. The quantitative estimate of drug-likeness (QED) is 0.803. The van der Waals surface area contributed by atoms with Gasteiger partial charge in [0.15, 0.2) is 12.4 Å². The summed E-state index contributed by atoms with van der Waals surface area (Å²) < 4.78 is 7.26. The molecule has 2 rings (SSSR count). The molecule has 0 bridgehead atoms. The number of carbonyl (C=O) groups is 2. The van der Waals surface area contributed by atoms with Crippen molar-refractivity contribution in [2.45, 2.75) is 39.5 Å². The second-order valence-corrected chi connectivity index (χ2v) is 6.04. The van der Waals surface area contributed by atoms with Crippen LogP contribution in [0.3, 0.4) is 0 Å².